The minimum absolute atomic E-state index is 0.484. The molecule has 0 aromatic heterocycles. The quantitative estimate of drug-likeness (QED) is 0.617. The molecule has 1 aliphatic heterocycles. The standard InChI is InChI=1S/C21H28N4O/c1-3-16-6-4-7-18(12-16)24-21(22)23-14-17-10-11-25(15-17)19-8-5-9-20(13-19)26-2/h4-9,12-13,17H,3,10-11,14-15H2,1-2H3,(H3,22,23,24). The lowest BCUT2D eigenvalue weighted by molar-refractivity contribution is 0.415. The van der Waals surface area contributed by atoms with E-state index in [0.717, 1.165) is 43.9 Å². The molecule has 1 unspecified atom stereocenters. The molecule has 138 valence electrons. The van der Waals surface area contributed by atoms with Crippen molar-refractivity contribution in [2.24, 2.45) is 16.6 Å². The summed E-state index contributed by atoms with van der Waals surface area (Å²) in [5.74, 6) is 1.90. The van der Waals surface area contributed by atoms with E-state index in [0.29, 0.717) is 11.9 Å². The van der Waals surface area contributed by atoms with Crippen LogP contribution in [0.15, 0.2) is 53.5 Å². The molecule has 0 bridgehead atoms. The zero-order chi connectivity index (χ0) is 18.4. The van der Waals surface area contributed by atoms with Crippen molar-refractivity contribution in [2.75, 3.05) is 37.0 Å². The van der Waals surface area contributed by atoms with Crippen LogP contribution in [0.25, 0.3) is 0 Å². The average molecular weight is 352 g/mol. The fourth-order valence-electron chi connectivity index (χ4n) is 3.31. The van der Waals surface area contributed by atoms with Gasteiger partial charge in [0, 0.05) is 37.1 Å². The Labute approximate surface area is 155 Å². The third kappa shape index (κ3) is 4.69. The maximum absolute atomic E-state index is 6.07. The number of aryl methyl sites for hydroxylation is 1. The summed E-state index contributed by atoms with van der Waals surface area (Å²) in [6, 6.07) is 16.5. The first-order valence-corrected chi connectivity index (χ1v) is 9.23. The molecule has 1 atom stereocenters. The number of benzene rings is 2. The fraction of sp³-hybridized carbons (Fsp3) is 0.381. The maximum Gasteiger partial charge on any atom is 0.193 e. The Hall–Kier alpha value is -2.69. The second-order valence-corrected chi connectivity index (χ2v) is 6.71. The summed E-state index contributed by atoms with van der Waals surface area (Å²) in [7, 11) is 1.70. The first-order valence-electron chi connectivity index (χ1n) is 9.23. The molecule has 0 saturated carbocycles. The van der Waals surface area contributed by atoms with Crippen LogP contribution in [0.2, 0.25) is 0 Å². The Bertz CT molecular complexity index is 759. The van der Waals surface area contributed by atoms with Crippen molar-refractivity contribution in [1.29, 1.82) is 0 Å². The van der Waals surface area contributed by atoms with Gasteiger partial charge in [-0.3, -0.25) is 4.99 Å². The van der Waals surface area contributed by atoms with Gasteiger partial charge in [0.2, 0.25) is 0 Å². The monoisotopic (exact) mass is 352 g/mol. The molecule has 5 nitrogen and oxygen atoms in total. The first-order chi connectivity index (χ1) is 12.7. The summed E-state index contributed by atoms with van der Waals surface area (Å²) in [6.07, 6.45) is 2.13. The van der Waals surface area contributed by atoms with Crippen molar-refractivity contribution in [3.05, 3.63) is 54.1 Å². The molecule has 5 heteroatoms. The van der Waals surface area contributed by atoms with Crippen LogP contribution < -0.4 is 20.7 Å². The third-order valence-corrected chi connectivity index (χ3v) is 4.83. The van der Waals surface area contributed by atoms with Crippen LogP contribution in [-0.2, 0) is 6.42 Å². The number of hydrogen-bond acceptors (Lipinski definition) is 3. The smallest absolute Gasteiger partial charge is 0.193 e. The van der Waals surface area contributed by atoms with E-state index in [-0.39, 0.29) is 0 Å². The number of hydrogen-bond donors (Lipinski definition) is 2. The van der Waals surface area contributed by atoms with Crippen molar-refractivity contribution in [3.8, 4) is 5.75 Å². The molecule has 1 heterocycles. The Morgan fingerprint density at radius 1 is 1.27 bits per heavy atom. The van der Waals surface area contributed by atoms with Crippen molar-refractivity contribution < 1.29 is 4.74 Å². The molecule has 2 aromatic carbocycles. The molecule has 0 spiro atoms. The van der Waals surface area contributed by atoms with Crippen LogP contribution in [0, 0.1) is 5.92 Å². The normalized spacial score (nSPS) is 17.4. The number of nitrogens with two attached hydrogens (primary N) is 1. The van der Waals surface area contributed by atoms with E-state index < -0.39 is 0 Å². The van der Waals surface area contributed by atoms with Gasteiger partial charge in [-0.1, -0.05) is 25.1 Å². The fourth-order valence-corrected chi connectivity index (χ4v) is 3.31. The van der Waals surface area contributed by atoms with Gasteiger partial charge < -0.3 is 20.7 Å². The third-order valence-electron chi connectivity index (χ3n) is 4.83. The highest BCUT2D eigenvalue weighted by atomic mass is 16.5. The zero-order valence-electron chi connectivity index (χ0n) is 15.6. The number of guanidine groups is 1. The van der Waals surface area contributed by atoms with E-state index in [4.69, 9.17) is 10.5 Å². The molecule has 0 radical (unpaired) electrons. The number of methoxy groups -OCH3 is 1. The van der Waals surface area contributed by atoms with Gasteiger partial charge in [-0.15, -0.1) is 0 Å². The Balaban J connectivity index is 1.53. The van der Waals surface area contributed by atoms with Crippen molar-refractivity contribution in [2.45, 2.75) is 19.8 Å². The van der Waals surface area contributed by atoms with Gasteiger partial charge in [-0.25, -0.2) is 0 Å². The number of anilines is 2. The molecule has 26 heavy (non-hydrogen) atoms. The molecule has 0 aliphatic carbocycles. The molecular formula is C21H28N4O. The largest absolute Gasteiger partial charge is 0.497 e. The number of nitrogens with one attached hydrogen (secondary N) is 1. The Morgan fingerprint density at radius 3 is 2.92 bits per heavy atom. The Kier molecular flexibility index (Phi) is 6.00. The summed E-state index contributed by atoms with van der Waals surface area (Å²) in [5, 5.41) is 3.20. The molecule has 2 aromatic rings. The molecule has 0 amide bonds. The first kappa shape index (κ1) is 18.1. The summed E-state index contributed by atoms with van der Waals surface area (Å²) < 4.78 is 5.32. The second kappa shape index (κ2) is 8.61. The number of aliphatic imine (C=N–C) groups is 1. The molecule has 3 rings (SSSR count). The van der Waals surface area contributed by atoms with E-state index in [1.165, 1.54) is 11.3 Å². The zero-order valence-corrected chi connectivity index (χ0v) is 15.6. The SMILES string of the molecule is CCc1cccc(NC(N)=NCC2CCN(c3cccc(OC)c3)C2)c1. The molecule has 3 N–H and O–H groups in total. The summed E-state index contributed by atoms with van der Waals surface area (Å²) in [5.41, 5.74) is 9.55. The number of nitrogens with zero attached hydrogens (tertiary/aromatic N) is 2. The van der Waals surface area contributed by atoms with Gasteiger partial charge in [0.1, 0.15) is 5.75 Å². The number of rotatable bonds is 6. The van der Waals surface area contributed by atoms with Gasteiger partial charge >= 0.3 is 0 Å². The van der Waals surface area contributed by atoms with E-state index in [1.807, 2.05) is 24.3 Å². The van der Waals surface area contributed by atoms with Crippen LogP contribution in [0.5, 0.6) is 5.75 Å². The van der Waals surface area contributed by atoms with E-state index in [9.17, 15) is 0 Å². The van der Waals surface area contributed by atoms with Crippen LogP contribution in [-0.4, -0.2) is 32.7 Å². The molecule has 1 fully saturated rings. The van der Waals surface area contributed by atoms with E-state index in [1.54, 1.807) is 7.11 Å². The molecule has 1 aliphatic rings. The van der Waals surface area contributed by atoms with Crippen molar-refractivity contribution in [3.63, 3.8) is 0 Å². The lowest BCUT2D eigenvalue weighted by atomic mass is 10.1. The van der Waals surface area contributed by atoms with Crippen LogP contribution in [0.1, 0.15) is 18.9 Å². The second-order valence-electron chi connectivity index (χ2n) is 6.71. The minimum Gasteiger partial charge on any atom is -0.497 e. The topological polar surface area (TPSA) is 62.9 Å². The lowest BCUT2D eigenvalue weighted by Crippen LogP contribution is -2.25. The van der Waals surface area contributed by atoms with E-state index >= 15 is 0 Å². The lowest BCUT2D eigenvalue weighted by Gasteiger charge is -2.19. The highest BCUT2D eigenvalue weighted by molar-refractivity contribution is 5.92. The van der Waals surface area contributed by atoms with E-state index in [2.05, 4.69) is 46.4 Å². The highest BCUT2D eigenvalue weighted by Gasteiger charge is 2.22. The predicted octanol–water partition coefficient (Wildman–Crippen LogP) is 3.51. The molecular weight excluding hydrogens is 324 g/mol. The van der Waals surface area contributed by atoms with Crippen LogP contribution in [0.3, 0.4) is 0 Å². The molecule has 1 saturated heterocycles. The van der Waals surface area contributed by atoms with Crippen LogP contribution in [0.4, 0.5) is 11.4 Å². The maximum atomic E-state index is 6.07. The van der Waals surface area contributed by atoms with Gasteiger partial charge in [0.05, 0.1) is 7.11 Å². The summed E-state index contributed by atoms with van der Waals surface area (Å²) in [4.78, 5) is 6.94. The van der Waals surface area contributed by atoms with Crippen molar-refractivity contribution >= 4 is 17.3 Å². The van der Waals surface area contributed by atoms with Gasteiger partial charge in [0.15, 0.2) is 5.96 Å². The summed E-state index contributed by atoms with van der Waals surface area (Å²) in [6.45, 7) is 4.92. The van der Waals surface area contributed by atoms with Gasteiger partial charge in [-0.2, -0.15) is 0 Å². The van der Waals surface area contributed by atoms with Gasteiger partial charge in [-0.05, 0) is 48.6 Å². The highest BCUT2D eigenvalue weighted by Crippen LogP contribution is 2.27. The van der Waals surface area contributed by atoms with Crippen LogP contribution >= 0.6 is 0 Å². The number of ether oxygens (including phenoxy) is 1. The summed E-state index contributed by atoms with van der Waals surface area (Å²) >= 11 is 0. The van der Waals surface area contributed by atoms with Crippen molar-refractivity contribution in [1.82, 2.24) is 0 Å². The van der Waals surface area contributed by atoms with Gasteiger partial charge in [0.25, 0.3) is 0 Å². The average Bonchev–Trinajstić information content (AvgIpc) is 3.16. The Morgan fingerprint density at radius 2 is 2.12 bits per heavy atom. The predicted molar refractivity (Wildman–Crippen MR) is 109 cm³/mol. The minimum atomic E-state index is 0.484.